The van der Waals surface area contributed by atoms with Crippen LogP contribution in [0.2, 0.25) is 12.1 Å². The molecule has 0 spiro atoms. The van der Waals surface area contributed by atoms with Gasteiger partial charge in [0.2, 0.25) is 0 Å². The highest BCUT2D eigenvalue weighted by Crippen LogP contribution is 2.59. The van der Waals surface area contributed by atoms with E-state index in [4.69, 9.17) is 9.47 Å². The summed E-state index contributed by atoms with van der Waals surface area (Å²) in [5.74, 6) is 0. The number of ether oxygens (including phenoxy) is 2. The van der Waals surface area contributed by atoms with E-state index in [9.17, 15) is 0 Å². The maximum atomic E-state index is 5.50. The first kappa shape index (κ1) is 17.4. The molecule has 1 aliphatic heterocycles. The first-order valence-electron chi connectivity index (χ1n) is 7.26. The van der Waals surface area contributed by atoms with Crippen molar-refractivity contribution in [1.82, 2.24) is 0 Å². The minimum atomic E-state index is -1.34. The van der Waals surface area contributed by atoms with Crippen molar-refractivity contribution in [1.29, 1.82) is 0 Å². The standard InChI is InChI=1S/C15H24I2O2Si/c1-5-20(6-2)13(16)11-7-15(9-18-3,10-19-4)8-12(11)14(20)17/h5-10H2,1-4H3. The maximum absolute atomic E-state index is 5.50. The number of hydrogen-bond donors (Lipinski definition) is 0. The van der Waals surface area contributed by atoms with Crippen LogP contribution in [0.15, 0.2) is 17.6 Å². The molecule has 1 saturated carbocycles. The van der Waals surface area contributed by atoms with E-state index in [1.807, 2.05) is 0 Å². The largest absolute Gasteiger partial charge is 0.384 e. The number of hydrogen-bond acceptors (Lipinski definition) is 2. The molecule has 0 N–H and O–H groups in total. The Bertz CT molecular complexity index is 415. The Hall–Kier alpha value is 1.08. The molecule has 0 unspecified atom stereocenters. The molecular formula is C15H24I2O2Si. The summed E-state index contributed by atoms with van der Waals surface area (Å²) in [5, 5.41) is 0. The highest BCUT2D eigenvalue weighted by atomic mass is 127. The fourth-order valence-electron chi connectivity index (χ4n) is 3.85. The van der Waals surface area contributed by atoms with Crippen molar-refractivity contribution in [3.63, 3.8) is 0 Å². The van der Waals surface area contributed by atoms with Gasteiger partial charge >= 0.3 is 0 Å². The molecule has 20 heavy (non-hydrogen) atoms. The second-order valence-corrected chi connectivity index (χ2v) is 14.9. The van der Waals surface area contributed by atoms with E-state index in [0.29, 0.717) is 0 Å². The van der Waals surface area contributed by atoms with Crippen LogP contribution in [0.25, 0.3) is 0 Å². The van der Waals surface area contributed by atoms with Crippen molar-refractivity contribution in [2.24, 2.45) is 5.41 Å². The topological polar surface area (TPSA) is 18.5 Å². The predicted molar refractivity (Wildman–Crippen MR) is 104 cm³/mol. The highest BCUT2D eigenvalue weighted by molar-refractivity contribution is 14.1. The second kappa shape index (κ2) is 6.68. The van der Waals surface area contributed by atoms with E-state index in [1.165, 1.54) is 12.1 Å². The summed E-state index contributed by atoms with van der Waals surface area (Å²) in [7, 11) is 2.27. The molecule has 5 heteroatoms. The van der Waals surface area contributed by atoms with Crippen molar-refractivity contribution in [3.05, 3.63) is 17.6 Å². The van der Waals surface area contributed by atoms with Gasteiger partial charge in [-0.1, -0.05) is 71.1 Å². The van der Waals surface area contributed by atoms with Crippen molar-refractivity contribution >= 4 is 53.3 Å². The lowest BCUT2D eigenvalue weighted by Crippen LogP contribution is -2.34. The molecule has 2 aliphatic rings. The van der Waals surface area contributed by atoms with Crippen molar-refractivity contribution in [2.45, 2.75) is 38.8 Å². The molecule has 0 aromatic heterocycles. The van der Waals surface area contributed by atoms with E-state index in [-0.39, 0.29) is 5.41 Å². The summed E-state index contributed by atoms with van der Waals surface area (Å²) < 4.78 is 14.4. The van der Waals surface area contributed by atoms with Gasteiger partial charge in [0.15, 0.2) is 0 Å². The number of methoxy groups -OCH3 is 2. The predicted octanol–water partition coefficient (Wildman–Crippen LogP) is 5.02. The van der Waals surface area contributed by atoms with Crippen LogP contribution in [-0.4, -0.2) is 35.5 Å². The Morgan fingerprint density at radius 2 is 1.35 bits per heavy atom. The van der Waals surface area contributed by atoms with Gasteiger partial charge in [0.25, 0.3) is 0 Å². The molecule has 0 aromatic rings. The molecule has 114 valence electrons. The maximum Gasteiger partial charge on any atom is 0.133 e. The third-order valence-corrected chi connectivity index (χ3v) is 17.1. The van der Waals surface area contributed by atoms with Crippen molar-refractivity contribution in [2.75, 3.05) is 27.4 Å². The summed E-state index contributed by atoms with van der Waals surface area (Å²) in [5.41, 5.74) is 3.47. The van der Waals surface area contributed by atoms with Crippen LogP contribution in [0.3, 0.4) is 0 Å². The van der Waals surface area contributed by atoms with Crippen LogP contribution in [0.5, 0.6) is 0 Å². The van der Waals surface area contributed by atoms with E-state index in [1.54, 1.807) is 31.8 Å². The molecule has 0 bridgehead atoms. The van der Waals surface area contributed by atoms with Gasteiger partial charge in [-0.05, 0) is 30.4 Å². The molecule has 1 heterocycles. The second-order valence-electron chi connectivity index (χ2n) is 6.09. The van der Waals surface area contributed by atoms with Gasteiger partial charge in [0, 0.05) is 19.6 Å². The van der Waals surface area contributed by atoms with Gasteiger partial charge in [-0.25, -0.2) is 0 Å². The number of rotatable bonds is 6. The van der Waals surface area contributed by atoms with Gasteiger partial charge in [0.1, 0.15) is 8.07 Å². The summed E-state index contributed by atoms with van der Waals surface area (Å²) >= 11 is 5.33. The SMILES string of the molecule is CC[Si]1(CC)C(I)=C2CC(COC)(COC)CC2=C1I. The molecule has 1 fully saturated rings. The lowest BCUT2D eigenvalue weighted by Gasteiger charge is -2.30. The molecule has 1 aliphatic carbocycles. The minimum absolute atomic E-state index is 0.170. The number of halogens is 2. The lowest BCUT2D eigenvalue weighted by atomic mass is 9.88. The normalized spacial score (nSPS) is 23.7. The molecule has 0 saturated heterocycles. The van der Waals surface area contributed by atoms with Crippen molar-refractivity contribution < 1.29 is 9.47 Å². The number of fused-ring (bicyclic) bond motifs is 1. The summed E-state index contributed by atoms with van der Waals surface area (Å²) in [6.07, 6.45) is 2.28. The third kappa shape index (κ3) is 2.59. The molecule has 0 atom stereocenters. The zero-order valence-electron chi connectivity index (χ0n) is 12.8. The average Bonchev–Trinajstić information content (AvgIpc) is 2.88. The highest BCUT2D eigenvalue weighted by Gasteiger charge is 2.51. The smallest absolute Gasteiger partial charge is 0.133 e. The van der Waals surface area contributed by atoms with Gasteiger partial charge in [-0.3, -0.25) is 0 Å². The zero-order chi connectivity index (χ0) is 15.0. The van der Waals surface area contributed by atoms with E-state index < -0.39 is 8.07 Å². The number of allylic oxidation sites excluding steroid dienone is 2. The molecule has 0 aromatic carbocycles. The lowest BCUT2D eigenvalue weighted by molar-refractivity contribution is 0.0189. The Balaban J connectivity index is 2.41. The Kier molecular flexibility index (Phi) is 5.82. The summed E-state index contributed by atoms with van der Waals surface area (Å²) in [6, 6.07) is 2.68. The first-order valence-corrected chi connectivity index (χ1v) is 11.8. The Morgan fingerprint density at radius 1 is 0.950 bits per heavy atom. The van der Waals surface area contributed by atoms with Gasteiger partial charge < -0.3 is 9.47 Å². The van der Waals surface area contributed by atoms with E-state index in [0.717, 1.165) is 26.1 Å². The van der Waals surface area contributed by atoms with Gasteiger partial charge in [-0.15, -0.1) is 0 Å². The molecule has 2 rings (SSSR count). The minimum Gasteiger partial charge on any atom is -0.384 e. The monoisotopic (exact) mass is 518 g/mol. The average molecular weight is 518 g/mol. The summed E-state index contributed by atoms with van der Waals surface area (Å²) in [6.45, 7) is 6.36. The molecular weight excluding hydrogens is 494 g/mol. The van der Waals surface area contributed by atoms with Crippen LogP contribution in [0, 0.1) is 5.41 Å². The molecule has 0 radical (unpaired) electrons. The van der Waals surface area contributed by atoms with Gasteiger partial charge in [0.05, 0.1) is 13.2 Å². The quantitative estimate of drug-likeness (QED) is 0.364. The molecule has 2 nitrogen and oxygen atoms in total. The van der Waals surface area contributed by atoms with Crippen LogP contribution in [-0.2, 0) is 9.47 Å². The third-order valence-electron chi connectivity index (χ3n) is 4.95. The van der Waals surface area contributed by atoms with Crippen molar-refractivity contribution in [3.8, 4) is 0 Å². The Labute approximate surface area is 151 Å². The van der Waals surface area contributed by atoms with Crippen LogP contribution in [0.1, 0.15) is 26.7 Å². The van der Waals surface area contributed by atoms with Crippen LogP contribution >= 0.6 is 45.2 Å². The van der Waals surface area contributed by atoms with Gasteiger partial charge in [-0.2, -0.15) is 0 Å². The fourth-order valence-corrected chi connectivity index (χ4v) is 16.2. The van der Waals surface area contributed by atoms with E-state index >= 15 is 0 Å². The van der Waals surface area contributed by atoms with Crippen LogP contribution < -0.4 is 0 Å². The summed E-state index contributed by atoms with van der Waals surface area (Å²) in [4.78, 5) is 0. The van der Waals surface area contributed by atoms with E-state index in [2.05, 4.69) is 59.0 Å². The molecule has 0 amide bonds. The first-order chi connectivity index (χ1) is 9.50. The fraction of sp³-hybridized carbons (Fsp3) is 0.733. The zero-order valence-corrected chi connectivity index (χ0v) is 18.1. The Morgan fingerprint density at radius 3 is 1.65 bits per heavy atom. The van der Waals surface area contributed by atoms with Crippen LogP contribution in [0.4, 0.5) is 0 Å².